The Hall–Kier alpha value is -1.67. The minimum absolute atomic E-state index is 0.0960. The van der Waals surface area contributed by atoms with E-state index in [0.29, 0.717) is 18.7 Å². The molecule has 0 radical (unpaired) electrons. The molecule has 0 spiro atoms. The smallest absolute Gasteiger partial charge is 0.232 e. The second-order valence-corrected chi connectivity index (χ2v) is 7.83. The van der Waals surface area contributed by atoms with Gasteiger partial charge in [-0.1, -0.05) is 0 Å². The van der Waals surface area contributed by atoms with E-state index in [1.807, 2.05) is 19.0 Å². The molecule has 1 amide bonds. The van der Waals surface area contributed by atoms with Gasteiger partial charge in [0.15, 0.2) is 0 Å². The van der Waals surface area contributed by atoms with Gasteiger partial charge < -0.3 is 10.2 Å². The molecule has 136 valence electrons. The summed E-state index contributed by atoms with van der Waals surface area (Å²) in [5, 5.41) is 2.81. The van der Waals surface area contributed by atoms with Gasteiger partial charge in [-0.15, -0.1) is 0 Å². The summed E-state index contributed by atoms with van der Waals surface area (Å²) in [5.41, 5.74) is 0.394. The van der Waals surface area contributed by atoms with Crippen LogP contribution in [0.3, 0.4) is 0 Å². The Morgan fingerprint density at radius 1 is 1.12 bits per heavy atom. The van der Waals surface area contributed by atoms with E-state index in [1.165, 1.54) is 28.6 Å². The number of carbonyl (C=O) groups excluding carboxylic acids is 1. The summed E-state index contributed by atoms with van der Waals surface area (Å²) < 4.78 is 38.0. The molecular formula is C16H26FN3O3S. The summed E-state index contributed by atoms with van der Waals surface area (Å²) in [6, 6.07) is 5.26. The standard InChI is InChI=1S/C16H26FN3O3S/c1-19(2)12-5-11-18-16(21)6-4-13-20(24(3,22)23)15-9-7-14(17)8-10-15/h7-10H,4-6,11-13H2,1-3H3,(H,18,21). The number of nitrogens with one attached hydrogen (secondary N) is 1. The van der Waals surface area contributed by atoms with Gasteiger partial charge in [-0.05, 0) is 57.7 Å². The van der Waals surface area contributed by atoms with Crippen LogP contribution in [0, 0.1) is 5.82 Å². The Kier molecular flexibility index (Phi) is 8.14. The lowest BCUT2D eigenvalue weighted by molar-refractivity contribution is -0.121. The number of amides is 1. The van der Waals surface area contributed by atoms with Crippen molar-refractivity contribution in [3.8, 4) is 0 Å². The zero-order chi connectivity index (χ0) is 18.2. The lowest BCUT2D eigenvalue weighted by Crippen LogP contribution is -2.32. The van der Waals surface area contributed by atoms with E-state index in [-0.39, 0.29) is 18.9 Å². The van der Waals surface area contributed by atoms with Gasteiger partial charge in [-0.2, -0.15) is 0 Å². The summed E-state index contributed by atoms with van der Waals surface area (Å²) in [6.07, 6.45) is 2.60. The Morgan fingerprint density at radius 3 is 2.29 bits per heavy atom. The first-order chi connectivity index (χ1) is 11.2. The van der Waals surface area contributed by atoms with Crippen LogP contribution in [0.15, 0.2) is 24.3 Å². The zero-order valence-corrected chi connectivity index (χ0v) is 15.3. The van der Waals surface area contributed by atoms with Gasteiger partial charge >= 0.3 is 0 Å². The first-order valence-electron chi connectivity index (χ1n) is 7.85. The molecule has 1 N–H and O–H groups in total. The Bertz CT molecular complexity index is 618. The van der Waals surface area contributed by atoms with Crippen LogP contribution in [0.1, 0.15) is 19.3 Å². The number of carbonyl (C=O) groups is 1. The van der Waals surface area contributed by atoms with E-state index < -0.39 is 15.8 Å². The lowest BCUT2D eigenvalue weighted by atomic mass is 10.2. The van der Waals surface area contributed by atoms with Crippen LogP contribution < -0.4 is 9.62 Å². The number of nitrogens with zero attached hydrogens (tertiary/aromatic N) is 2. The fraction of sp³-hybridized carbons (Fsp3) is 0.562. The molecule has 24 heavy (non-hydrogen) atoms. The van der Waals surface area contributed by atoms with Gasteiger partial charge in [0, 0.05) is 19.5 Å². The van der Waals surface area contributed by atoms with Crippen molar-refractivity contribution >= 4 is 21.6 Å². The van der Waals surface area contributed by atoms with Crippen molar-refractivity contribution in [1.82, 2.24) is 10.2 Å². The highest BCUT2D eigenvalue weighted by molar-refractivity contribution is 7.92. The zero-order valence-electron chi connectivity index (χ0n) is 14.5. The lowest BCUT2D eigenvalue weighted by Gasteiger charge is -2.22. The van der Waals surface area contributed by atoms with Gasteiger partial charge in [0.05, 0.1) is 11.9 Å². The van der Waals surface area contributed by atoms with Gasteiger partial charge in [0.2, 0.25) is 15.9 Å². The summed E-state index contributed by atoms with van der Waals surface area (Å²) in [4.78, 5) is 13.8. The number of anilines is 1. The molecule has 0 unspecified atom stereocenters. The van der Waals surface area contributed by atoms with Crippen LogP contribution in [-0.2, 0) is 14.8 Å². The molecule has 0 aliphatic rings. The Morgan fingerprint density at radius 2 is 1.75 bits per heavy atom. The molecule has 1 rings (SSSR count). The average Bonchev–Trinajstić information content (AvgIpc) is 2.48. The van der Waals surface area contributed by atoms with Gasteiger partial charge in [-0.3, -0.25) is 9.10 Å². The second-order valence-electron chi connectivity index (χ2n) is 5.92. The molecule has 0 saturated heterocycles. The minimum Gasteiger partial charge on any atom is -0.356 e. The molecule has 6 nitrogen and oxygen atoms in total. The third-order valence-corrected chi connectivity index (χ3v) is 4.58. The topological polar surface area (TPSA) is 69.7 Å². The molecular weight excluding hydrogens is 333 g/mol. The van der Waals surface area contributed by atoms with Crippen molar-refractivity contribution in [1.29, 1.82) is 0 Å². The molecule has 8 heteroatoms. The summed E-state index contributed by atoms with van der Waals surface area (Å²) in [6.45, 7) is 1.67. The molecule has 1 aromatic carbocycles. The van der Waals surface area contributed by atoms with E-state index in [4.69, 9.17) is 0 Å². The number of hydrogen-bond donors (Lipinski definition) is 1. The van der Waals surface area contributed by atoms with Gasteiger partial charge in [-0.25, -0.2) is 12.8 Å². The van der Waals surface area contributed by atoms with Crippen molar-refractivity contribution in [3.05, 3.63) is 30.1 Å². The molecule has 0 aromatic heterocycles. The largest absolute Gasteiger partial charge is 0.356 e. The monoisotopic (exact) mass is 359 g/mol. The number of benzene rings is 1. The summed E-state index contributed by atoms with van der Waals surface area (Å²) in [5.74, 6) is -0.523. The van der Waals surface area contributed by atoms with E-state index in [9.17, 15) is 17.6 Å². The maximum absolute atomic E-state index is 13.0. The number of halogens is 1. The maximum Gasteiger partial charge on any atom is 0.232 e. The molecule has 0 saturated carbocycles. The van der Waals surface area contributed by atoms with Gasteiger partial charge in [0.1, 0.15) is 5.82 Å². The van der Waals surface area contributed by atoms with Crippen molar-refractivity contribution in [3.63, 3.8) is 0 Å². The summed E-state index contributed by atoms with van der Waals surface area (Å²) in [7, 11) is 0.453. The highest BCUT2D eigenvalue weighted by Gasteiger charge is 2.17. The van der Waals surface area contributed by atoms with Crippen molar-refractivity contribution in [2.45, 2.75) is 19.3 Å². The van der Waals surface area contributed by atoms with Crippen molar-refractivity contribution in [2.75, 3.05) is 44.3 Å². The Labute approximate surface area is 143 Å². The minimum atomic E-state index is -3.49. The third-order valence-electron chi connectivity index (χ3n) is 3.38. The second kappa shape index (κ2) is 9.58. The van der Waals surface area contributed by atoms with E-state index in [0.717, 1.165) is 19.2 Å². The molecule has 1 aromatic rings. The van der Waals surface area contributed by atoms with E-state index in [1.54, 1.807) is 0 Å². The van der Waals surface area contributed by atoms with Crippen LogP contribution in [0.5, 0.6) is 0 Å². The van der Waals surface area contributed by atoms with Crippen LogP contribution >= 0.6 is 0 Å². The third kappa shape index (κ3) is 7.74. The molecule has 0 bridgehead atoms. The normalized spacial score (nSPS) is 11.5. The van der Waals surface area contributed by atoms with Gasteiger partial charge in [0.25, 0.3) is 0 Å². The summed E-state index contributed by atoms with van der Waals surface area (Å²) >= 11 is 0. The van der Waals surface area contributed by atoms with Crippen molar-refractivity contribution in [2.24, 2.45) is 0 Å². The average molecular weight is 359 g/mol. The van der Waals surface area contributed by atoms with Crippen LogP contribution in [0.2, 0.25) is 0 Å². The molecule has 0 heterocycles. The fourth-order valence-electron chi connectivity index (χ4n) is 2.19. The quantitative estimate of drug-likeness (QED) is 0.642. The number of hydrogen-bond acceptors (Lipinski definition) is 4. The Balaban J connectivity index is 2.46. The van der Waals surface area contributed by atoms with Crippen LogP contribution in [0.4, 0.5) is 10.1 Å². The fourth-order valence-corrected chi connectivity index (χ4v) is 3.15. The molecule has 0 aliphatic carbocycles. The van der Waals surface area contributed by atoms with Crippen molar-refractivity contribution < 1.29 is 17.6 Å². The molecule has 0 aliphatic heterocycles. The predicted octanol–water partition coefficient (Wildman–Crippen LogP) is 1.44. The molecule has 0 fully saturated rings. The predicted molar refractivity (Wildman–Crippen MR) is 94.0 cm³/mol. The van der Waals surface area contributed by atoms with E-state index >= 15 is 0 Å². The first kappa shape index (κ1) is 20.4. The number of rotatable bonds is 10. The van der Waals surface area contributed by atoms with Crippen LogP contribution in [-0.4, -0.2) is 59.2 Å². The highest BCUT2D eigenvalue weighted by Crippen LogP contribution is 2.18. The maximum atomic E-state index is 13.0. The molecule has 0 atom stereocenters. The highest BCUT2D eigenvalue weighted by atomic mass is 32.2. The number of sulfonamides is 1. The van der Waals surface area contributed by atoms with Crippen LogP contribution in [0.25, 0.3) is 0 Å². The first-order valence-corrected chi connectivity index (χ1v) is 9.69. The SMILES string of the molecule is CN(C)CCCNC(=O)CCCN(c1ccc(F)cc1)S(C)(=O)=O. The van der Waals surface area contributed by atoms with E-state index in [2.05, 4.69) is 5.32 Å².